The molecule has 0 unspecified atom stereocenters. The number of rotatable bonds is 5. The molecule has 2 atom stereocenters. The van der Waals surface area contributed by atoms with Gasteiger partial charge in [0.25, 0.3) is 0 Å². The second-order valence-electron chi connectivity index (χ2n) is 5.25. The van der Waals surface area contributed by atoms with Gasteiger partial charge in [0.2, 0.25) is 11.8 Å². The highest BCUT2D eigenvalue weighted by Crippen LogP contribution is 2.22. The van der Waals surface area contributed by atoms with Crippen LogP contribution < -0.4 is 5.32 Å². The zero-order valence-corrected chi connectivity index (χ0v) is 13.7. The van der Waals surface area contributed by atoms with Crippen molar-refractivity contribution >= 4 is 33.4 Å². The molecule has 1 aliphatic rings. The molecule has 1 aliphatic heterocycles. The van der Waals surface area contributed by atoms with Crippen LogP contribution in [0.2, 0.25) is 0 Å². The molecule has 1 aromatic rings. The number of carbonyl (C=O) groups is 2. The van der Waals surface area contributed by atoms with E-state index in [1.54, 1.807) is 12.0 Å². The Labute approximate surface area is 132 Å². The monoisotopic (exact) mass is 354 g/mol. The quantitative estimate of drug-likeness (QED) is 0.882. The van der Waals surface area contributed by atoms with Crippen LogP contribution in [0.5, 0.6) is 0 Å². The van der Waals surface area contributed by atoms with Gasteiger partial charge in [-0.15, -0.1) is 0 Å². The number of likely N-dealkylation sites (tertiary alicyclic amines) is 1. The number of hydrogen-bond donors (Lipinski definition) is 1. The summed E-state index contributed by atoms with van der Waals surface area (Å²) in [7, 11) is 1.61. The number of nitrogens with one attached hydrogen (secondary N) is 1. The molecule has 0 aliphatic carbocycles. The topological polar surface area (TPSA) is 58.6 Å². The smallest absolute Gasteiger partial charge is 0.229 e. The third-order valence-electron chi connectivity index (χ3n) is 3.58. The van der Waals surface area contributed by atoms with Gasteiger partial charge in [-0.05, 0) is 31.2 Å². The van der Waals surface area contributed by atoms with Crippen molar-refractivity contribution in [2.45, 2.75) is 19.4 Å². The molecule has 1 heterocycles. The van der Waals surface area contributed by atoms with Crippen LogP contribution in [0, 0.1) is 5.92 Å². The molecule has 114 valence electrons. The molecule has 1 aromatic carbocycles. The zero-order chi connectivity index (χ0) is 15.4. The Balaban J connectivity index is 1.95. The van der Waals surface area contributed by atoms with E-state index in [0.717, 1.165) is 10.2 Å². The fourth-order valence-corrected chi connectivity index (χ4v) is 2.71. The SMILES string of the molecule is COC[C@@H](C)N1C[C@H](C(=O)Nc2ccc(Br)cc2)CC1=O. The number of anilines is 1. The Hall–Kier alpha value is -1.40. The maximum Gasteiger partial charge on any atom is 0.229 e. The Morgan fingerprint density at radius 2 is 2.14 bits per heavy atom. The summed E-state index contributed by atoms with van der Waals surface area (Å²) in [4.78, 5) is 25.9. The van der Waals surface area contributed by atoms with E-state index in [2.05, 4.69) is 21.2 Å². The van der Waals surface area contributed by atoms with Crippen LogP contribution in [0.15, 0.2) is 28.7 Å². The number of benzene rings is 1. The third-order valence-corrected chi connectivity index (χ3v) is 4.11. The van der Waals surface area contributed by atoms with Crippen molar-refractivity contribution in [1.29, 1.82) is 0 Å². The fourth-order valence-electron chi connectivity index (χ4n) is 2.44. The average Bonchev–Trinajstić information content (AvgIpc) is 2.84. The van der Waals surface area contributed by atoms with Crippen LogP contribution in [0.4, 0.5) is 5.69 Å². The Kier molecular flexibility index (Phi) is 5.36. The van der Waals surface area contributed by atoms with E-state index in [1.165, 1.54) is 0 Å². The van der Waals surface area contributed by atoms with Crippen molar-refractivity contribution in [3.05, 3.63) is 28.7 Å². The lowest BCUT2D eigenvalue weighted by molar-refractivity contribution is -0.130. The summed E-state index contributed by atoms with van der Waals surface area (Å²) in [6.45, 7) is 2.86. The highest BCUT2D eigenvalue weighted by atomic mass is 79.9. The second kappa shape index (κ2) is 7.04. The number of halogens is 1. The minimum atomic E-state index is -0.305. The minimum absolute atomic E-state index is 0.00650. The van der Waals surface area contributed by atoms with Gasteiger partial charge in [-0.2, -0.15) is 0 Å². The van der Waals surface area contributed by atoms with Gasteiger partial charge in [0.1, 0.15) is 0 Å². The normalized spacial score (nSPS) is 19.7. The third kappa shape index (κ3) is 4.04. The van der Waals surface area contributed by atoms with Gasteiger partial charge in [0.15, 0.2) is 0 Å². The van der Waals surface area contributed by atoms with E-state index < -0.39 is 0 Å². The van der Waals surface area contributed by atoms with E-state index in [-0.39, 0.29) is 30.2 Å². The fraction of sp³-hybridized carbons (Fsp3) is 0.467. The average molecular weight is 355 g/mol. The Morgan fingerprint density at radius 3 is 2.76 bits per heavy atom. The standard InChI is InChI=1S/C15H19BrN2O3/c1-10(9-21-2)18-8-11(7-14(18)19)15(20)17-13-5-3-12(16)4-6-13/h3-6,10-11H,7-9H2,1-2H3,(H,17,20)/t10-,11-/m1/s1. The van der Waals surface area contributed by atoms with Gasteiger partial charge in [-0.3, -0.25) is 9.59 Å². The molecular formula is C15H19BrN2O3. The van der Waals surface area contributed by atoms with E-state index in [1.807, 2.05) is 31.2 Å². The summed E-state index contributed by atoms with van der Waals surface area (Å²) < 4.78 is 6.02. The molecule has 1 saturated heterocycles. The lowest BCUT2D eigenvalue weighted by Crippen LogP contribution is -2.38. The van der Waals surface area contributed by atoms with Crippen LogP contribution in [-0.4, -0.2) is 43.0 Å². The molecule has 0 aromatic heterocycles. The Bertz CT molecular complexity index is 518. The predicted molar refractivity (Wildman–Crippen MR) is 83.9 cm³/mol. The van der Waals surface area contributed by atoms with Crippen LogP contribution in [-0.2, 0) is 14.3 Å². The number of hydrogen-bond acceptors (Lipinski definition) is 3. The molecule has 0 radical (unpaired) electrons. The number of ether oxygens (including phenoxy) is 1. The van der Waals surface area contributed by atoms with Gasteiger partial charge in [0.05, 0.1) is 18.6 Å². The lowest BCUT2D eigenvalue weighted by Gasteiger charge is -2.23. The van der Waals surface area contributed by atoms with Crippen molar-refractivity contribution in [2.75, 3.05) is 25.6 Å². The highest BCUT2D eigenvalue weighted by molar-refractivity contribution is 9.10. The first kappa shape index (κ1) is 16.0. The van der Waals surface area contributed by atoms with Crippen molar-refractivity contribution in [3.63, 3.8) is 0 Å². The molecule has 0 bridgehead atoms. The van der Waals surface area contributed by atoms with Crippen molar-refractivity contribution < 1.29 is 14.3 Å². The summed E-state index contributed by atoms with van der Waals surface area (Å²) in [5.41, 5.74) is 0.735. The van der Waals surface area contributed by atoms with Crippen LogP contribution in [0.3, 0.4) is 0 Å². The van der Waals surface area contributed by atoms with E-state index >= 15 is 0 Å². The van der Waals surface area contributed by atoms with Crippen LogP contribution in [0.1, 0.15) is 13.3 Å². The number of methoxy groups -OCH3 is 1. The van der Waals surface area contributed by atoms with Gasteiger partial charge < -0.3 is 15.0 Å². The maximum atomic E-state index is 12.2. The molecule has 2 amide bonds. The molecule has 1 N–H and O–H groups in total. The van der Waals surface area contributed by atoms with Gasteiger partial charge in [-0.1, -0.05) is 15.9 Å². The summed E-state index contributed by atoms with van der Waals surface area (Å²) in [6.07, 6.45) is 0.260. The van der Waals surface area contributed by atoms with Gasteiger partial charge in [-0.25, -0.2) is 0 Å². The summed E-state index contributed by atoms with van der Waals surface area (Å²) >= 11 is 3.35. The maximum absolute atomic E-state index is 12.2. The number of carbonyl (C=O) groups excluding carboxylic acids is 2. The Morgan fingerprint density at radius 1 is 1.48 bits per heavy atom. The first-order chi connectivity index (χ1) is 10.0. The zero-order valence-electron chi connectivity index (χ0n) is 12.1. The van der Waals surface area contributed by atoms with Crippen molar-refractivity contribution in [3.8, 4) is 0 Å². The van der Waals surface area contributed by atoms with Crippen molar-refractivity contribution in [1.82, 2.24) is 4.90 Å². The predicted octanol–water partition coefficient (Wildman–Crippen LogP) is 2.27. The van der Waals surface area contributed by atoms with E-state index in [4.69, 9.17) is 4.74 Å². The number of nitrogens with zero attached hydrogens (tertiary/aromatic N) is 1. The summed E-state index contributed by atoms with van der Waals surface area (Å²) in [5.74, 6) is -0.409. The molecule has 2 rings (SSSR count). The number of amides is 2. The molecular weight excluding hydrogens is 336 g/mol. The molecule has 0 spiro atoms. The lowest BCUT2D eigenvalue weighted by atomic mass is 10.1. The molecule has 5 nitrogen and oxygen atoms in total. The van der Waals surface area contributed by atoms with Crippen LogP contribution in [0.25, 0.3) is 0 Å². The molecule has 6 heteroatoms. The largest absolute Gasteiger partial charge is 0.383 e. The van der Waals surface area contributed by atoms with Crippen LogP contribution >= 0.6 is 15.9 Å². The summed E-state index contributed by atoms with van der Waals surface area (Å²) in [5, 5.41) is 2.85. The molecule has 0 saturated carbocycles. The minimum Gasteiger partial charge on any atom is -0.383 e. The second-order valence-corrected chi connectivity index (χ2v) is 6.16. The van der Waals surface area contributed by atoms with Gasteiger partial charge >= 0.3 is 0 Å². The molecule has 21 heavy (non-hydrogen) atoms. The van der Waals surface area contributed by atoms with E-state index in [0.29, 0.717) is 13.2 Å². The van der Waals surface area contributed by atoms with Crippen molar-refractivity contribution in [2.24, 2.45) is 5.92 Å². The summed E-state index contributed by atoms with van der Waals surface area (Å²) in [6, 6.07) is 7.37. The van der Waals surface area contributed by atoms with E-state index in [9.17, 15) is 9.59 Å². The first-order valence-corrected chi connectivity index (χ1v) is 7.65. The first-order valence-electron chi connectivity index (χ1n) is 6.86. The highest BCUT2D eigenvalue weighted by Gasteiger charge is 2.36. The molecule has 1 fully saturated rings. The van der Waals surface area contributed by atoms with Gasteiger partial charge in [0, 0.05) is 30.2 Å².